The van der Waals surface area contributed by atoms with Gasteiger partial charge in [0.1, 0.15) is 12.4 Å². The van der Waals surface area contributed by atoms with Crippen molar-refractivity contribution in [3.8, 4) is 5.75 Å². The molecule has 2 heterocycles. The van der Waals surface area contributed by atoms with Crippen LogP contribution >= 0.6 is 0 Å². The minimum absolute atomic E-state index is 0.0563. The van der Waals surface area contributed by atoms with E-state index in [1.807, 2.05) is 54.6 Å². The normalized spacial score (nSPS) is 19.7. The molecule has 0 saturated heterocycles. The number of ether oxygens (including phenoxy) is 2. The lowest BCUT2D eigenvalue weighted by molar-refractivity contribution is -0.136. The number of rotatable bonds is 3. The molecule has 1 amide bonds. The minimum atomic E-state index is -0.362. The van der Waals surface area contributed by atoms with Gasteiger partial charge in [-0.3, -0.25) is 9.69 Å². The van der Waals surface area contributed by atoms with Crippen LogP contribution in [0.3, 0.4) is 0 Å². The molecule has 4 rings (SSSR count). The third-order valence-corrected chi connectivity index (χ3v) is 4.65. The van der Waals surface area contributed by atoms with Gasteiger partial charge in [-0.2, -0.15) is 0 Å². The van der Waals surface area contributed by atoms with E-state index in [-0.39, 0.29) is 30.8 Å². The van der Waals surface area contributed by atoms with E-state index in [9.17, 15) is 9.59 Å². The first kappa shape index (κ1) is 15.4. The van der Waals surface area contributed by atoms with E-state index in [0.29, 0.717) is 17.0 Å². The largest absolute Gasteiger partial charge is 0.496 e. The Kier molecular flexibility index (Phi) is 3.76. The molecule has 126 valence electrons. The van der Waals surface area contributed by atoms with Gasteiger partial charge in [0.2, 0.25) is 5.91 Å². The van der Waals surface area contributed by atoms with Crippen molar-refractivity contribution >= 4 is 17.6 Å². The van der Waals surface area contributed by atoms with E-state index in [2.05, 4.69) is 0 Å². The first-order valence-corrected chi connectivity index (χ1v) is 8.11. The maximum absolute atomic E-state index is 12.9. The Balaban J connectivity index is 1.86. The van der Waals surface area contributed by atoms with Crippen LogP contribution in [0, 0.1) is 0 Å². The number of hydrogen-bond donors (Lipinski definition) is 0. The molecular weight excluding hydrogens is 318 g/mol. The van der Waals surface area contributed by atoms with Crippen LogP contribution in [0.25, 0.3) is 0 Å². The Labute approximate surface area is 145 Å². The molecule has 0 saturated carbocycles. The summed E-state index contributed by atoms with van der Waals surface area (Å²) in [5, 5.41) is 0. The summed E-state index contributed by atoms with van der Waals surface area (Å²) >= 11 is 0. The van der Waals surface area contributed by atoms with Crippen LogP contribution in [0.4, 0.5) is 5.69 Å². The molecule has 0 radical (unpaired) electrons. The number of carbonyl (C=O) groups is 2. The fourth-order valence-electron chi connectivity index (χ4n) is 3.55. The summed E-state index contributed by atoms with van der Waals surface area (Å²) in [5.74, 6) is -0.105. The number of hydrogen-bond acceptors (Lipinski definition) is 4. The standard InChI is InChI=1S/C20H17NO4/c1-24-17-10-6-5-9-14(17)15-11-18(22)21(13-7-3-2-4-8-13)16-12-25-20(23)19(15)16/h2-10,15H,11-12H2,1H3. The summed E-state index contributed by atoms with van der Waals surface area (Å²) in [5.41, 5.74) is 2.76. The maximum Gasteiger partial charge on any atom is 0.336 e. The van der Waals surface area contributed by atoms with Crippen LogP contribution < -0.4 is 9.64 Å². The molecule has 25 heavy (non-hydrogen) atoms. The Hall–Kier alpha value is -3.08. The zero-order chi connectivity index (χ0) is 17.4. The van der Waals surface area contributed by atoms with E-state index in [0.717, 1.165) is 11.3 Å². The van der Waals surface area contributed by atoms with Crippen LogP contribution in [0.1, 0.15) is 17.9 Å². The number of para-hydroxylation sites is 2. The van der Waals surface area contributed by atoms with E-state index in [1.54, 1.807) is 12.0 Å². The lowest BCUT2D eigenvalue weighted by Crippen LogP contribution is -2.37. The van der Waals surface area contributed by atoms with Gasteiger partial charge in [0.15, 0.2) is 0 Å². The lowest BCUT2D eigenvalue weighted by Gasteiger charge is -2.32. The second-order valence-corrected chi connectivity index (χ2v) is 6.00. The summed E-state index contributed by atoms with van der Waals surface area (Å²) in [6, 6.07) is 16.8. The second kappa shape index (κ2) is 6.09. The average Bonchev–Trinajstić information content (AvgIpc) is 3.03. The Morgan fingerprint density at radius 2 is 1.76 bits per heavy atom. The number of nitrogens with zero attached hydrogens (tertiary/aromatic N) is 1. The van der Waals surface area contributed by atoms with E-state index >= 15 is 0 Å². The highest BCUT2D eigenvalue weighted by Gasteiger charge is 2.43. The summed E-state index contributed by atoms with van der Waals surface area (Å²) in [7, 11) is 1.59. The molecule has 2 aliphatic rings. The van der Waals surface area contributed by atoms with Gasteiger partial charge >= 0.3 is 5.97 Å². The molecule has 1 unspecified atom stereocenters. The molecule has 1 atom stereocenters. The molecule has 0 aromatic heterocycles. The van der Waals surface area contributed by atoms with Gasteiger partial charge in [-0.25, -0.2) is 4.79 Å². The molecule has 0 bridgehead atoms. The van der Waals surface area contributed by atoms with E-state index in [1.165, 1.54) is 0 Å². The third kappa shape index (κ3) is 2.48. The van der Waals surface area contributed by atoms with Gasteiger partial charge in [-0.1, -0.05) is 36.4 Å². The molecule has 2 aromatic carbocycles. The second-order valence-electron chi connectivity index (χ2n) is 6.00. The highest BCUT2D eigenvalue weighted by molar-refractivity contribution is 6.06. The summed E-state index contributed by atoms with van der Waals surface area (Å²) in [6.45, 7) is 0.112. The molecule has 0 fully saturated rings. The molecular formula is C20H17NO4. The number of benzene rings is 2. The predicted molar refractivity (Wildman–Crippen MR) is 92.3 cm³/mol. The molecule has 5 heteroatoms. The fraction of sp³-hybridized carbons (Fsp3) is 0.200. The number of methoxy groups -OCH3 is 1. The zero-order valence-electron chi connectivity index (χ0n) is 13.8. The van der Waals surface area contributed by atoms with Crippen molar-refractivity contribution in [1.29, 1.82) is 0 Å². The Bertz CT molecular complexity index is 872. The lowest BCUT2D eigenvalue weighted by atomic mass is 9.83. The van der Waals surface area contributed by atoms with Gasteiger partial charge in [-0.05, 0) is 18.2 Å². The van der Waals surface area contributed by atoms with Crippen LogP contribution in [0.2, 0.25) is 0 Å². The van der Waals surface area contributed by atoms with Crippen LogP contribution in [-0.2, 0) is 14.3 Å². The van der Waals surface area contributed by atoms with Crippen molar-refractivity contribution < 1.29 is 19.1 Å². The average molecular weight is 335 g/mol. The Morgan fingerprint density at radius 3 is 2.52 bits per heavy atom. The van der Waals surface area contributed by atoms with Crippen LogP contribution in [0.15, 0.2) is 65.9 Å². The van der Waals surface area contributed by atoms with E-state index in [4.69, 9.17) is 9.47 Å². The minimum Gasteiger partial charge on any atom is -0.496 e. The number of anilines is 1. The third-order valence-electron chi connectivity index (χ3n) is 4.65. The maximum atomic E-state index is 12.9. The number of esters is 1. The monoisotopic (exact) mass is 335 g/mol. The predicted octanol–water partition coefficient (Wildman–Crippen LogP) is 3.03. The van der Waals surface area contributed by atoms with Gasteiger partial charge in [0.05, 0.1) is 18.4 Å². The van der Waals surface area contributed by atoms with Crippen molar-refractivity contribution in [3.05, 3.63) is 71.4 Å². The molecule has 2 aliphatic heterocycles. The molecule has 0 N–H and O–H groups in total. The van der Waals surface area contributed by atoms with Gasteiger partial charge in [0.25, 0.3) is 0 Å². The molecule has 0 spiro atoms. The fourth-order valence-corrected chi connectivity index (χ4v) is 3.55. The van der Waals surface area contributed by atoms with Crippen molar-refractivity contribution in [2.45, 2.75) is 12.3 Å². The van der Waals surface area contributed by atoms with Crippen LogP contribution in [0.5, 0.6) is 5.75 Å². The summed E-state index contributed by atoms with van der Waals surface area (Å²) < 4.78 is 10.7. The van der Waals surface area contributed by atoms with E-state index < -0.39 is 0 Å². The number of cyclic esters (lactones) is 1. The smallest absolute Gasteiger partial charge is 0.336 e. The van der Waals surface area contributed by atoms with Gasteiger partial charge in [-0.15, -0.1) is 0 Å². The molecule has 5 nitrogen and oxygen atoms in total. The first-order valence-electron chi connectivity index (χ1n) is 8.11. The van der Waals surface area contributed by atoms with Crippen molar-refractivity contribution in [2.75, 3.05) is 18.6 Å². The SMILES string of the molecule is COc1ccccc1C1CC(=O)N(c2ccccc2)C2=C1C(=O)OC2. The highest BCUT2D eigenvalue weighted by atomic mass is 16.5. The van der Waals surface area contributed by atoms with Crippen molar-refractivity contribution in [2.24, 2.45) is 0 Å². The van der Waals surface area contributed by atoms with Crippen molar-refractivity contribution in [1.82, 2.24) is 0 Å². The van der Waals surface area contributed by atoms with Gasteiger partial charge < -0.3 is 9.47 Å². The first-order chi connectivity index (χ1) is 12.2. The topological polar surface area (TPSA) is 55.8 Å². The summed E-state index contributed by atoms with van der Waals surface area (Å²) in [6.07, 6.45) is 0.198. The van der Waals surface area contributed by atoms with Crippen LogP contribution in [-0.4, -0.2) is 25.6 Å². The highest BCUT2D eigenvalue weighted by Crippen LogP contribution is 2.44. The Morgan fingerprint density at radius 1 is 1.04 bits per heavy atom. The number of amides is 1. The van der Waals surface area contributed by atoms with Gasteiger partial charge in [0, 0.05) is 23.6 Å². The molecule has 0 aliphatic carbocycles. The molecule has 2 aromatic rings. The van der Waals surface area contributed by atoms with Crippen molar-refractivity contribution in [3.63, 3.8) is 0 Å². The quantitative estimate of drug-likeness (QED) is 0.809. The number of carbonyl (C=O) groups excluding carboxylic acids is 2. The zero-order valence-corrected chi connectivity index (χ0v) is 13.8. The summed E-state index contributed by atoms with van der Waals surface area (Å²) in [4.78, 5) is 26.9.